The second-order valence-electron chi connectivity index (χ2n) is 4.13. The number of aromatic nitrogens is 2. The fraction of sp³-hybridized carbons (Fsp3) is 0.357. The second kappa shape index (κ2) is 7.28. The summed E-state index contributed by atoms with van der Waals surface area (Å²) >= 11 is 0. The summed E-state index contributed by atoms with van der Waals surface area (Å²) in [6, 6.07) is 7.32. The highest BCUT2D eigenvalue weighted by atomic mass is 16.5. The largest absolute Gasteiger partial charge is 0.497 e. The van der Waals surface area contributed by atoms with Crippen molar-refractivity contribution < 1.29 is 18.7 Å². The van der Waals surface area contributed by atoms with Gasteiger partial charge in [-0.25, -0.2) is 4.79 Å². The van der Waals surface area contributed by atoms with Gasteiger partial charge in [0.25, 0.3) is 0 Å². The van der Waals surface area contributed by atoms with E-state index in [1.54, 1.807) is 14.0 Å². The average Bonchev–Trinajstić information content (AvgIpc) is 2.96. The molecule has 1 N–H and O–H groups in total. The molecular weight excluding hydrogens is 274 g/mol. The Kier molecular flexibility index (Phi) is 5.14. The summed E-state index contributed by atoms with van der Waals surface area (Å²) in [6.07, 6.45) is -0.00509. The van der Waals surface area contributed by atoms with E-state index in [0.717, 1.165) is 11.3 Å². The molecule has 0 radical (unpaired) electrons. The number of ether oxygens (including phenoxy) is 2. The number of rotatable bonds is 6. The lowest BCUT2D eigenvalue weighted by Gasteiger charge is -2.02. The molecule has 0 saturated carbocycles. The van der Waals surface area contributed by atoms with E-state index >= 15 is 0 Å². The van der Waals surface area contributed by atoms with Crippen LogP contribution in [0.3, 0.4) is 0 Å². The van der Waals surface area contributed by atoms with Gasteiger partial charge in [-0.3, -0.25) is 0 Å². The zero-order chi connectivity index (χ0) is 15.1. The maximum atomic E-state index is 11.1. The Labute approximate surface area is 122 Å². The summed E-state index contributed by atoms with van der Waals surface area (Å²) < 4.78 is 15.4. The van der Waals surface area contributed by atoms with Crippen molar-refractivity contribution >= 4 is 6.09 Å². The summed E-state index contributed by atoms with van der Waals surface area (Å²) in [5.74, 6) is 1.65. The molecule has 0 bridgehead atoms. The van der Waals surface area contributed by atoms with E-state index in [2.05, 4.69) is 15.5 Å². The molecule has 21 heavy (non-hydrogen) atoms. The molecule has 0 aliphatic rings. The molecule has 0 saturated heterocycles. The van der Waals surface area contributed by atoms with Crippen LogP contribution in [0.4, 0.5) is 4.79 Å². The maximum Gasteiger partial charge on any atom is 0.407 e. The van der Waals surface area contributed by atoms with Gasteiger partial charge in [-0.1, -0.05) is 0 Å². The first-order valence-corrected chi connectivity index (χ1v) is 6.60. The first-order chi connectivity index (χ1) is 10.2. The Bertz CT molecular complexity index is 580. The lowest BCUT2D eigenvalue weighted by Crippen LogP contribution is -2.26. The number of alkyl carbamates (subject to hydrolysis) is 1. The zero-order valence-electron chi connectivity index (χ0n) is 12.0. The first-order valence-electron chi connectivity index (χ1n) is 6.60. The van der Waals surface area contributed by atoms with Crippen molar-refractivity contribution in [3.8, 4) is 17.2 Å². The fourth-order valence-electron chi connectivity index (χ4n) is 1.66. The summed E-state index contributed by atoms with van der Waals surface area (Å²) in [5.41, 5.74) is 0.813. The predicted octanol–water partition coefficient (Wildman–Crippen LogP) is 2.03. The number of carbonyl (C=O) groups excluding carboxylic acids is 1. The number of carbonyl (C=O) groups is 1. The number of nitrogens with zero attached hydrogens (tertiary/aromatic N) is 2. The van der Waals surface area contributed by atoms with E-state index in [4.69, 9.17) is 13.9 Å². The molecule has 2 rings (SSSR count). The highest BCUT2D eigenvalue weighted by molar-refractivity contribution is 5.67. The van der Waals surface area contributed by atoms with Crippen LogP contribution < -0.4 is 10.1 Å². The standard InChI is InChI=1S/C14H17N3O4/c1-3-20-14(18)15-9-8-12-16-17-13(21-12)10-4-6-11(19-2)7-5-10/h4-7H,3,8-9H2,1-2H3,(H,15,18). The van der Waals surface area contributed by atoms with E-state index in [1.807, 2.05) is 24.3 Å². The van der Waals surface area contributed by atoms with Gasteiger partial charge in [-0.15, -0.1) is 10.2 Å². The number of nitrogens with one attached hydrogen (secondary N) is 1. The van der Waals surface area contributed by atoms with Gasteiger partial charge in [0.2, 0.25) is 11.8 Å². The molecule has 0 unspecified atom stereocenters. The van der Waals surface area contributed by atoms with Crippen LogP contribution in [0, 0.1) is 0 Å². The Hall–Kier alpha value is -2.57. The SMILES string of the molecule is CCOC(=O)NCCc1nnc(-c2ccc(OC)cc2)o1. The molecule has 0 atom stereocenters. The van der Waals surface area contributed by atoms with Gasteiger partial charge >= 0.3 is 6.09 Å². The van der Waals surface area contributed by atoms with Crippen molar-refractivity contribution in [1.29, 1.82) is 0 Å². The van der Waals surface area contributed by atoms with Crippen molar-refractivity contribution in [3.05, 3.63) is 30.2 Å². The van der Waals surface area contributed by atoms with E-state index in [9.17, 15) is 4.79 Å². The monoisotopic (exact) mass is 291 g/mol. The molecule has 112 valence electrons. The quantitative estimate of drug-likeness (QED) is 0.876. The minimum absolute atomic E-state index is 0.341. The molecule has 1 heterocycles. The van der Waals surface area contributed by atoms with Gasteiger partial charge in [-0.05, 0) is 31.2 Å². The third kappa shape index (κ3) is 4.20. The Morgan fingerprint density at radius 2 is 2.05 bits per heavy atom. The third-order valence-corrected chi connectivity index (χ3v) is 2.69. The van der Waals surface area contributed by atoms with Crippen molar-refractivity contribution in [2.45, 2.75) is 13.3 Å². The summed E-state index contributed by atoms with van der Waals surface area (Å²) in [7, 11) is 1.61. The number of amides is 1. The molecule has 0 fully saturated rings. The molecule has 1 amide bonds. The molecule has 1 aromatic heterocycles. The number of hydrogen-bond donors (Lipinski definition) is 1. The lowest BCUT2D eigenvalue weighted by atomic mass is 10.2. The van der Waals surface area contributed by atoms with Crippen LogP contribution in [0.25, 0.3) is 11.5 Å². The summed E-state index contributed by atoms with van der Waals surface area (Å²) in [6.45, 7) is 2.47. The summed E-state index contributed by atoms with van der Waals surface area (Å²) in [4.78, 5) is 11.1. The minimum Gasteiger partial charge on any atom is -0.497 e. The van der Waals surface area contributed by atoms with E-state index < -0.39 is 6.09 Å². The van der Waals surface area contributed by atoms with Crippen LogP contribution in [0.5, 0.6) is 5.75 Å². The molecule has 7 nitrogen and oxygen atoms in total. The number of benzene rings is 1. The van der Waals surface area contributed by atoms with Crippen molar-refractivity contribution in [2.75, 3.05) is 20.3 Å². The van der Waals surface area contributed by atoms with Gasteiger partial charge < -0.3 is 19.2 Å². The zero-order valence-corrected chi connectivity index (χ0v) is 12.0. The molecule has 0 spiro atoms. The molecule has 0 aliphatic carbocycles. The molecule has 7 heteroatoms. The van der Waals surface area contributed by atoms with Crippen molar-refractivity contribution in [3.63, 3.8) is 0 Å². The van der Waals surface area contributed by atoms with Gasteiger partial charge in [0.15, 0.2) is 0 Å². The Morgan fingerprint density at radius 1 is 1.29 bits per heavy atom. The smallest absolute Gasteiger partial charge is 0.407 e. The molecule has 0 aliphatic heterocycles. The van der Waals surface area contributed by atoms with Gasteiger partial charge in [-0.2, -0.15) is 0 Å². The Morgan fingerprint density at radius 3 is 2.71 bits per heavy atom. The topological polar surface area (TPSA) is 86.5 Å². The van der Waals surface area contributed by atoms with E-state index in [0.29, 0.717) is 31.4 Å². The maximum absolute atomic E-state index is 11.1. The van der Waals surface area contributed by atoms with Gasteiger partial charge in [0.05, 0.1) is 13.7 Å². The van der Waals surface area contributed by atoms with Crippen molar-refractivity contribution in [2.24, 2.45) is 0 Å². The first kappa shape index (κ1) is 14.8. The molecular formula is C14H17N3O4. The summed E-state index contributed by atoms with van der Waals surface area (Å²) in [5, 5.41) is 10.5. The predicted molar refractivity (Wildman–Crippen MR) is 75.0 cm³/mol. The second-order valence-corrected chi connectivity index (χ2v) is 4.13. The van der Waals surface area contributed by atoms with Gasteiger partial charge in [0.1, 0.15) is 5.75 Å². The number of methoxy groups -OCH3 is 1. The number of hydrogen-bond acceptors (Lipinski definition) is 6. The van der Waals surface area contributed by atoms with E-state index in [-0.39, 0.29) is 0 Å². The van der Waals surface area contributed by atoms with Gasteiger partial charge in [0, 0.05) is 18.5 Å². The molecule has 1 aromatic carbocycles. The van der Waals surface area contributed by atoms with Crippen LogP contribution in [-0.2, 0) is 11.2 Å². The van der Waals surface area contributed by atoms with Crippen LogP contribution >= 0.6 is 0 Å². The van der Waals surface area contributed by atoms with Crippen LogP contribution in [-0.4, -0.2) is 36.6 Å². The van der Waals surface area contributed by atoms with Crippen LogP contribution in [0.2, 0.25) is 0 Å². The highest BCUT2D eigenvalue weighted by Gasteiger charge is 2.09. The van der Waals surface area contributed by atoms with Crippen molar-refractivity contribution in [1.82, 2.24) is 15.5 Å². The normalized spacial score (nSPS) is 10.2. The molecule has 2 aromatic rings. The van der Waals surface area contributed by atoms with Crippen LogP contribution in [0.15, 0.2) is 28.7 Å². The Balaban J connectivity index is 1.90. The lowest BCUT2D eigenvalue weighted by molar-refractivity contribution is 0.152. The highest BCUT2D eigenvalue weighted by Crippen LogP contribution is 2.21. The van der Waals surface area contributed by atoms with Crippen LogP contribution in [0.1, 0.15) is 12.8 Å². The average molecular weight is 291 g/mol. The minimum atomic E-state index is -0.451. The fourth-order valence-corrected chi connectivity index (χ4v) is 1.66. The van der Waals surface area contributed by atoms with E-state index in [1.165, 1.54) is 0 Å². The third-order valence-electron chi connectivity index (χ3n) is 2.69.